The first-order valence-corrected chi connectivity index (χ1v) is 7.29. The quantitative estimate of drug-likeness (QED) is 0.798. The van der Waals surface area contributed by atoms with Crippen LogP contribution in [0.1, 0.15) is 26.7 Å². The molecule has 0 radical (unpaired) electrons. The molecule has 2 aliphatic rings. The van der Waals surface area contributed by atoms with E-state index in [-0.39, 0.29) is 22.9 Å². The van der Waals surface area contributed by atoms with Crippen molar-refractivity contribution in [3.63, 3.8) is 0 Å². The maximum Gasteiger partial charge on any atom is 0.251 e. The first kappa shape index (κ1) is 13.2. The van der Waals surface area contributed by atoms with Gasteiger partial charge < -0.3 is 15.4 Å². The number of amides is 1. The van der Waals surface area contributed by atoms with E-state index in [1.807, 2.05) is 16.7 Å². The summed E-state index contributed by atoms with van der Waals surface area (Å²) in [7, 11) is 0. The van der Waals surface area contributed by atoms with Gasteiger partial charge in [-0.3, -0.25) is 4.79 Å². The van der Waals surface area contributed by atoms with Crippen molar-refractivity contribution in [3.05, 3.63) is 0 Å². The predicted molar refractivity (Wildman–Crippen MR) is 70.1 cm³/mol. The van der Waals surface area contributed by atoms with E-state index in [0.29, 0.717) is 6.54 Å². The van der Waals surface area contributed by atoms with Gasteiger partial charge in [0.05, 0.1) is 6.10 Å². The summed E-state index contributed by atoms with van der Waals surface area (Å²) in [6.07, 6.45) is 1.57. The van der Waals surface area contributed by atoms with Gasteiger partial charge in [0, 0.05) is 30.1 Å². The Kier molecular flexibility index (Phi) is 4.00. The SMILES string of the molecule is CC1(C)CN(C(=O)C2CCC(CN)O2)CCS1. The summed E-state index contributed by atoms with van der Waals surface area (Å²) in [4.78, 5) is 14.3. The average Bonchev–Trinajstić information content (AvgIpc) is 2.75. The number of carbonyl (C=O) groups excluding carboxylic acids is 1. The molecule has 0 aliphatic carbocycles. The van der Waals surface area contributed by atoms with Crippen molar-refractivity contribution >= 4 is 17.7 Å². The maximum atomic E-state index is 12.3. The Morgan fingerprint density at radius 2 is 2.29 bits per heavy atom. The molecule has 17 heavy (non-hydrogen) atoms. The van der Waals surface area contributed by atoms with Gasteiger partial charge in [-0.05, 0) is 26.7 Å². The van der Waals surface area contributed by atoms with Crippen molar-refractivity contribution in [1.29, 1.82) is 0 Å². The molecule has 2 unspecified atom stereocenters. The smallest absolute Gasteiger partial charge is 0.251 e. The van der Waals surface area contributed by atoms with Crippen LogP contribution in [-0.2, 0) is 9.53 Å². The number of hydrogen-bond acceptors (Lipinski definition) is 4. The molecule has 2 rings (SSSR count). The zero-order valence-corrected chi connectivity index (χ0v) is 11.5. The summed E-state index contributed by atoms with van der Waals surface area (Å²) in [6.45, 7) is 6.57. The van der Waals surface area contributed by atoms with Crippen LogP contribution in [0.2, 0.25) is 0 Å². The van der Waals surface area contributed by atoms with Crippen molar-refractivity contribution in [2.45, 2.75) is 43.6 Å². The Morgan fingerprint density at radius 1 is 1.53 bits per heavy atom. The molecule has 0 spiro atoms. The molecular formula is C12H22N2O2S. The second-order valence-corrected chi connectivity index (χ2v) is 7.23. The number of nitrogens with two attached hydrogens (primary N) is 1. The molecule has 2 aliphatic heterocycles. The summed E-state index contributed by atoms with van der Waals surface area (Å²) in [5.41, 5.74) is 5.56. The lowest BCUT2D eigenvalue weighted by Crippen LogP contribution is -2.49. The minimum Gasteiger partial charge on any atom is -0.364 e. The van der Waals surface area contributed by atoms with Gasteiger partial charge in [-0.15, -0.1) is 0 Å². The van der Waals surface area contributed by atoms with Crippen LogP contribution in [0.15, 0.2) is 0 Å². The van der Waals surface area contributed by atoms with Crippen LogP contribution in [0, 0.1) is 0 Å². The molecule has 0 aromatic rings. The van der Waals surface area contributed by atoms with Crippen LogP contribution in [-0.4, -0.2) is 53.1 Å². The maximum absolute atomic E-state index is 12.3. The van der Waals surface area contributed by atoms with E-state index in [9.17, 15) is 4.79 Å². The average molecular weight is 258 g/mol. The molecule has 1 amide bonds. The molecule has 98 valence electrons. The van der Waals surface area contributed by atoms with E-state index in [1.165, 1.54) is 0 Å². The molecule has 2 fully saturated rings. The third-order valence-corrected chi connectivity index (χ3v) is 4.68. The Balaban J connectivity index is 1.92. The molecule has 0 aromatic carbocycles. The van der Waals surface area contributed by atoms with Crippen molar-refractivity contribution in [2.75, 3.05) is 25.4 Å². The van der Waals surface area contributed by atoms with Gasteiger partial charge in [0.1, 0.15) is 6.10 Å². The van der Waals surface area contributed by atoms with Crippen LogP contribution in [0.5, 0.6) is 0 Å². The third kappa shape index (κ3) is 3.14. The molecule has 2 saturated heterocycles. The Morgan fingerprint density at radius 3 is 2.88 bits per heavy atom. The number of nitrogens with zero attached hydrogens (tertiary/aromatic N) is 1. The Bertz CT molecular complexity index is 296. The van der Waals surface area contributed by atoms with Crippen LogP contribution in [0.25, 0.3) is 0 Å². The van der Waals surface area contributed by atoms with Gasteiger partial charge in [-0.1, -0.05) is 0 Å². The fourth-order valence-electron chi connectivity index (χ4n) is 2.47. The molecule has 5 heteroatoms. The van der Waals surface area contributed by atoms with E-state index in [4.69, 9.17) is 10.5 Å². The number of thioether (sulfide) groups is 1. The van der Waals surface area contributed by atoms with Crippen molar-refractivity contribution in [2.24, 2.45) is 5.73 Å². The fourth-order valence-corrected chi connectivity index (χ4v) is 3.58. The molecule has 4 nitrogen and oxygen atoms in total. The minimum absolute atomic E-state index is 0.0797. The molecule has 0 saturated carbocycles. The van der Waals surface area contributed by atoms with Crippen LogP contribution < -0.4 is 5.73 Å². The highest BCUT2D eigenvalue weighted by Crippen LogP contribution is 2.31. The second kappa shape index (κ2) is 5.16. The lowest BCUT2D eigenvalue weighted by atomic mass is 10.1. The minimum atomic E-state index is -0.248. The molecule has 0 aromatic heterocycles. The van der Waals surface area contributed by atoms with Crippen LogP contribution >= 0.6 is 11.8 Å². The highest BCUT2D eigenvalue weighted by atomic mass is 32.2. The van der Waals surface area contributed by atoms with E-state index in [1.54, 1.807) is 0 Å². The number of hydrogen-bond donors (Lipinski definition) is 1. The summed E-state index contributed by atoms with van der Waals surface area (Å²) in [5, 5.41) is 0. The second-order valence-electron chi connectivity index (χ2n) is 5.43. The van der Waals surface area contributed by atoms with Crippen molar-refractivity contribution in [1.82, 2.24) is 4.90 Å². The summed E-state index contributed by atoms with van der Waals surface area (Å²) < 4.78 is 5.84. The highest BCUT2D eigenvalue weighted by molar-refractivity contribution is 8.00. The first-order valence-electron chi connectivity index (χ1n) is 6.30. The lowest BCUT2D eigenvalue weighted by molar-refractivity contribution is -0.143. The topological polar surface area (TPSA) is 55.6 Å². The van der Waals surface area contributed by atoms with Gasteiger partial charge in [0.25, 0.3) is 5.91 Å². The van der Waals surface area contributed by atoms with E-state index in [0.717, 1.165) is 31.7 Å². The Hall–Kier alpha value is -0.260. The van der Waals surface area contributed by atoms with Gasteiger partial charge >= 0.3 is 0 Å². The van der Waals surface area contributed by atoms with Crippen LogP contribution in [0.3, 0.4) is 0 Å². The predicted octanol–water partition coefficient (Wildman–Crippen LogP) is 0.847. The fraction of sp³-hybridized carbons (Fsp3) is 0.917. The van der Waals surface area contributed by atoms with Crippen molar-refractivity contribution < 1.29 is 9.53 Å². The van der Waals surface area contributed by atoms with Gasteiger partial charge in [0.2, 0.25) is 0 Å². The van der Waals surface area contributed by atoms with E-state index >= 15 is 0 Å². The number of rotatable bonds is 2. The van der Waals surface area contributed by atoms with Gasteiger partial charge in [-0.2, -0.15) is 11.8 Å². The van der Waals surface area contributed by atoms with Gasteiger partial charge in [-0.25, -0.2) is 0 Å². The zero-order valence-electron chi connectivity index (χ0n) is 10.6. The number of ether oxygens (including phenoxy) is 1. The Labute approximate surface area is 107 Å². The van der Waals surface area contributed by atoms with Gasteiger partial charge in [0.15, 0.2) is 0 Å². The molecule has 2 N–H and O–H groups in total. The van der Waals surface area contributed by atoms with Crippen LogP contribution in [0.4, 0.5) is 0 Å². The van der Waals surface area contributed by atoms with E-state index < -0.39 is 0 Å². The summed E-state index contributed by atoms with van der Waals surface area (Å²) >= 11 is 1.93. The first-order chi connectivity index (χ1) is 8.02. The third-order valence-electron chi connectivity index (χ3n) is 3.38. The monoisotopic (exact) mass is 258 g/mol. The molecule has 0 bridgehead atoms. The van der Waals surface area contributed by atoms with Crippen molar-refractivity contribution in [3.8, 4) is 0 Å². The molecule has 2 atom stereocenters. The lowest BCUT2D eigenvalue weighted by Gasteiger charge is -2.38. The molecule has 2 heterocycles. The van der Waals surface area contributed by atoms with E-state index in [2.05, 4.69) is 13.8 Å². The highest BCUT2D eigenvalue weighted by Gasteiger charge is 2.36. The zero-order chi connectivity index (χ0) is 12.5. The number of carbonyl (C=O) groups is 1. The normalized spacial score (nSPS) is 32.8. The largest absolute Gasteiger partial charge is 0.364 e. The standard InChI is InChI=1S/C12H22N2O2S/c1-12(2)8-14(5-6-17-12)11(15)10-4-3-9(7-13)16-10/h9-10H,3-8,13H2,1-2H3. The summed E-state index contributed by atoms with van der Waals surface area (Å²) in [6, 6.07) is 0. The molecular weight excluding hydrogens is 236 g/mol. The summed E-state index contributed by atoms with van der Waals surface area (Å²) in [5.74, 6) is 1.18.